The number of aromatic amines is 1. The maximum atomic E-state index is 12.9. The second-order valence-electron chi connectivity index (χ2n) is 9.15. The number of anilines is 1. The molecule has 1 amide bonds. The lowest BCUT2D eigenvalue weighted by molar-refractivity contribution is -0.131. The number of carbonyl (C=O) groups is 1. The molecule has 2 fully saturated rings. The van der Waals surface area contributed by atoms with Gasteiger partial charge in [0.1, 0.15) is 18.1 Å². The molecule has 2 atom stereocenters. The van der Waals surface area contributed by atoms with Crippen LogP contribution in [0, 0.1) is 0 Å². The van der Waals surface area contributed by atoms with Crippen LogP contribution in [-0.2, 0) is 4.79 Å². The van der Waals surface area contributed by atoms with E-state index in [9.17, 15) is 15.0 Å². The fourth-order valence-electron chi connectivity index (χ4n) is 4.89. The SMILES string of the molecule is Cl.Cl.O=C(C[C@@H]1CCCN1)N1CCN(c2c(-c3ccccc3)cnc3[nH]nc(OC[C@@H](O)CO)c23)CC1. The van der Waals surface area contributed by atoms with Gasteiger partial charge in [0.2, 0.25) is 11.8 Å². The van der Waals surface area contributed by atoms with Crippen LogP contribution in [0.1, 0.15) is 19.3 Å². The van der Waals surface area contributed by atoms with Gasteiger partial charge in [0.25, 0.3) is 0 Å². The number of aliphatic hydroxyl groups excluding tert-OH is 2. The van der Waals surface area contributed by atoms with Gasteiger partial charge < -0.3 is 30.1 Å². The molecule has 5 rings (SSSR count). The number of carbonyl (C=O) groups excluding carboxylic acids is 1. The molecule has 0 radical (unpaired) electrons. The topological polar surface area (TPSA) is 127 Å². The van der Waals surface area contributed by atoms with E-state index in [0.29, 0.717) is 50.2 Å². The Hall–Kier alpha value is -2.63. The van der Waals surface area contributed by atoms with E-state index in [-0.39, 0.29) is 37.3 Å². The first-order chi connectivity index (χ1) is 17.1. The lowest BCUT2D eigenvalue weighted by Crippen LogP contribution is -2.50. The molecular formula is C25H34Cl2N6O4. The highest BCUT2D eigenvalue weighted by molar-refractivity contribution is 6.01. The first-order valence-corrected chi connectivity index (χ1v) is 12.2. The summed E-state index contributed by atoms with van der Waals surface area (Å²) in [5, 5.41) is 30.3. The van der Waals surface area contributed by atoms with Gasteiger partial charge in [0, 0.05) is 50.4 Å². The van der Waals surface area contributed by atoms with Gasteiger partial charge in [-0.3, -0.25) is 9.89 Å². The number of aromatic nitrogens is 3. The van der Waals surface area contributed by atoms with Gasteiger partial charge in [-0.1, -0.05) is 30.3 Å². The minimum absolute atomic E-state index is 0. The number of hydrogen-bond acceptors (Lipinski definition) is 8. The summed E-state index contributed by atoms with van der Waals surface area (Å²) >= 11 is 0. The van der Waals surface area contributed by atoms with Crippen molar-refractivity contribution in [3.63, 3.8) is 0 Å². The number of benzene rings is 1. The summed E-state index contributed by atoms with van der Waals surface area (Å²) in [6.45, 7) is 3.15. The number of halogens is 2. The Morgan fingerprint density at radius 1 is 1.16 bits per heavy atom. The molecule has 2 saturated heterocycles. The van der Waals surface area contributed by atoms with E-state index < -0.39 is 12.7 Å². The Kier molecular flexibility index (Phi) is 10.4. The molecule has 0 aliphatic carbocycles. The quantitative estimate of drug-likeness (QED) is 0.334. The standard InChI is InChI=1S/C25H32N6O4.2ClH/c32-15-19(33)16-35-25-22-23(20(14-27-24(22)28-29-25)17-5-2-1-3-6-17)31-11-9-30(10-12-31)21(34)13-18-7-4-8-26-18;;/h1-3,5-6,14,18-19,26,32-33H,4,7-13,15-16H2,(H,27,28,29);2*1H/t18-,19-;;/m0../s1. The molecule has 0 bridgehead atoms. The van der Waals surface area contributed by atoms with Crippen LogP contribution in [0.2, 0.25) is 0 Å². The Balaban J connectivity index is 0.00000190. The fourth-order valence-corrected chi connectivity index (χ4v) is 4.89. The van der Waals surface area contributed by atoms with Gasteiger partial charge in [-0.15, -0.1) is 29.9 Å². The van der Waals surface area contributed by atoms with E-state index in [1.807, 2.05) is 41.4 Å². The number of pyridine rings is 1. The third kappa shape index (κ3) is 6.45. The lowest BCUT2D eigenvalue weighted by atomic mass is 10.0. The molecule has 202 valence electrons. The van der Waals surface area contributed by atoms with Gasteiger partial charge in [0.15, 0.2) is 5.65 Å². The first kappa shape index (κ1) is 28.9. The molecule has 1 aromatic carbocycles. The van der Waals surface area contributed by atoms with Crippen molar-refractivity contribution in [1.82, 2.24) is 25.4 Å². The number of piperazine rings is 1. The average molecular weight is 553 g/mol. The van der Waals surface area contributed by atoms with Crippen LogP contribution in [0.15, 0.2) is 36.5 Å². The molecule has 2 aliphatic rings. The van der Waals surface area contributed by atoms with Crippen molar-refractivity contribution in [3.8, 4) is 17.0 Å². The number of hydrogen-bond donors (Lipinski definition) is 4. The third-order valence-electron chi connectivity index (χ3n) is 6.77. The normalized spacial score (nSPS) is 18.3. The Labute approximate surface area is 228 Å². The van der Waals surface area contributed by atoms with Crippen LogP contribution < -0.4 is 15.0 Å². The summed E-state index contributed by atoms with van der Waals surface area (Å²) < 4.78 is 5.78. The zero-order valence-electron chi connectivity index (χ0n) is 20.5. The van der Waals surface area contributed by atoms with Crippen molar-refractivity contribution in [2.24, 2.45) is 0 Å². The van der Waals surface area contributed by atoms with Gasteiger partial charge in [-0.2, -0.15) is 0 Å². The summed E-state index contributed by atoms with van der Waals surface area (Å²) in [6, 6.07) is 10.3. The van der Waals surface area contributed by atoms with Crippen molar-refractivity contribution < 1.29 is 19.7 Å². The first-order valence-electron chi connectivity index (χ1n) is 12.2. The van der Waals surface area contributed by atoms with Gasteiger partial charge in [-0.05, 0) is 24.9 Å². The van der Waals surface area contributed by atoms with Crippen LogP contribution in [0.4, 0.5) is 5.69 Å². The summed E-state index contributed by atoms with van der Waals surface area (Å²) in [7, 11) is 0. The van der Waals surface area contributed by atoms with Crippen LogP contribution in [-0.4, -0.2) is 94.3 Å². The number of rotatable bonds is 8. The maximum Gasteiger partial charge on any atom is 0.244 e. The fraction of sp³-hybridized carbons (Fsp3) is 0.480. The molecule has 0 spiro atoms. The molecule has 4 N–H and O–H groups in total. The molecular weight excluding hydrogens is 519 g/mol. The second kappa shape index (κ2) is 13.3. The number of nitrogens with one attached hydrogen (secondary N) is 2. The third-order valence-corrected chi connectivity index (χ3v) is 6.77. The summed E-state index contributed by atoms with van der Waals surface area (Å²) in [6.07, 6.45) is 3.59. The second-order valence-corrected chi connectivity index (χ2v) is 9.15. The van der Waals surface area contributed by atoms with Crippen molar-refractivity contribution >= 4 is 47.4 Å². The van der Waals surface area contributed by atoms with Gasteiger partial charge in [0.05, 0.1) is 12.3 Å². The molecule has 0 unspecified atom stereocenters. The number of amides is 1. The molecule has 10 nitrogen and oxygen atoms in total. The largest absolute Gasteiger partial charge is 0.473 e. The zero-order chi connectivity index (χ0) is 24.2. The maximum absolute atomic E-state index is 12.9. The Bertz CT molecular complexity index is 1150. The number of aliphatic hydroxyl groups is 2. The number of fused-ring (bicyclic) bond motifs is 1. The van der Waals surface area contributed by atoms with E-state index in [4.69, 9.17) is 4.74 Å². The van der Waals surface area contributed by atoms with Crippen LogP contribution >= 0.6 is 24.8 Å². The minimum Gasteiger partial charge on any atom is -0.473 e. The Morgan fingerprint density at radius 3 is 2.59 bits per heavy atom. The van der Waals surface area contributed by atoms with Gasteiger partial charge in [-0.25, -0.2) is 4.98 Å². The number of nitrogens with zero attached hydrogens (tertiary/aromatic N) is 4. The summed E-state index contributed by atoms with van der Waals surface area (Å²) in [5.74, 6) is 0.538. The van der Waals surface area contributed by atoms with Crippen LogP contribution in [0.25, 0.3) is 22.2 Å². The highest BCUT2D eigenvalue weighted by atomic mass is 35.5. The monoisotopic (exact) mass is 552 g/mol. The Morgan fingerprint density at radius 2 is 1.92 bits per heavy atom. The van der Waals surface area contributed by atoms with Crippen molar-refractivity contribution in [3.05, 3.63) is 36.5 Å². The predicted octanol–water partition coefficient (Wildman–Crippen LogP) is 1.99. The van der Waals surface area contributed by atoms with E-state index in [2.05, 4.69) is 25.4 Å². The molecule has 2 aliphatic heterocycles. The highest BCUT2D eigenvalue weighted by Gasteiger charge is 2.28. The van der Waals surface area contributed by atoms with Crippen molar-refractivity contribution in [2.75, 3.05) is 50.8 Å². The average Bonchev–Trinajstić information content (AvgIpc) is 3.57. The lowest BCUT2D eigenvalue weighted by Gasteiger charge is -2.37. The van der Waals surface area contributed by atoms with Gasteiger partial charge >= 0.3 is 0 Å². The van der Waals surface area contributed by atoms with E-state index in [0.717, 1.165) is 41.6 Å². The summed E-state index contributed by atoms with van der Waals surface area (Å²) in [4.78, 5) is 21.7. The molecule has 0 saturated carbocycles. The van der Waals surface area contributed by atoms with E-state index >= 15 is 0 Å². The molecule has 3 aromatic rings. The van der Waals surface area contributed by atoms with Crippen LogP contribution in [0.3, 0.4) is 0 Å². The van der Waals surface area contributed by atoms with Crippen molar-refractivity contribution in [2.45, 2.75) is 31.4 Å². The van der Waals surface area contributed by atoms with E-state index in [1.165, 1.54) is 0 Å². The van der Waals surface area contributed by atoms with Crippen LogP contribution in [0.5, 0.6) is 5.88 Å². The predicted molar refractivity (Wildman–Crippen MR) is 147 cm³/mol. The summed E-state index contributed by atoms with van der Waals surface area (Å²) in [5.41, 5.74) is 3.49. The highest BCUT2D eigenvalue weighted by Crippen LogP contribution is 2.40. The molecule has 2 aromatic heterocycles. The number of ether oxygens (including phenoxy) is 1. The van der Waals surface area contributed by atoms with E-state index in [1.54, 1.807) is 0 Å². The van der Waals surface area contributed by atoms with Crippen molar-refractivity contribution in [1.29, 1.82) is 0 Å². The molecule has 12 heteroatoms. The number of H-pyrrole nitrogens is 1. The smallest absolute Gasteiger partial charge is 0.244 e. The molecule has 37 heavy (non-hydrogen) atoms. The zero-order valence-corrected chi connectivity index (χ0v) is 22.1. The minimum atomic E-state index is -1.00. The molecule has 4 heterocycles.